The van der Waals surface area contributed by atoms with Crippen molar-refractivity contribution in [3.63, 3.8) is 0 Å². The van der Waals surface area contributed by atoms with E-state index < -0.39 is 0 Å². The molecule has 0 aliphatic rings. The van der Waals surface area contributed by atoms with Gasteiger partial charge in [-0.25, -0.2) is 0 Å². The second kappa shape index (κ2) is 12.3. The Labute approximate surface area is 112 Å². The van der Waals surface area contributed by atoms with Gasteiger partial charge >= 0.3 is 5.97 Å². The molecule has 1 unspecified atom stereocenters. The minimum Gasteiger partial charge on any atom is -0.395 e. The van der Waals surface area contributed by atoms with Gasteiger partial charge in [0.25, 0.3) is 0 Å². The van der Waals surface area contributed by atoms with Crippen LogP contribution < -0.4 is 0 Å². The van der Waals surface area contributed by atoms with Gasteiger partial charge in [0, 0.05) is 19.3 Å². The fourth-order valence-electron chi connectivity index (χ4n) is 2.00. The number of hydrogen-bond donors (Lipinski definition) is 1. The maximum Gasteiger partial charge on any atom is 0.317 e. The van der Waals surface area contributed by atoms with E-state index in [1.54, 1.807) is 0 Å². The monoisotopic (exact) mass is 260 g/mol. The van der Waals surface area contributed by atoms with Crippen molar-refractivity contribution in [2.75, 3.05) is 0 Å². The maximum atomic E-state index is 10.9. The number of carbonyl (C=O) groups is 1. The lowest BCUT2D eigenvalue weighted by Gasteiger charge is -2.09. The van der Waals surface area contributed by atoms with E-state index in [1.807, 2.05) is 0 Å². The second-order valence-electron chi connectivity index (χ2n) is 5.02. The third-order valence-corrected chi connectivity index (χ3v) is 3.45. The third-order valence-electron chi connectivity index (χ3n) is 3.24. The summed E-state index contributed by atoms with van der Waals surface area (Å²) >= 11 is 3.49. The van der Waals surface area contributed by atoms with Crippen LogP contribution in [0.4, 0.5) is 0 Å². The Morgan fingerprint density at radius 3 is 2.24 bits per heavy atom. The summed E-state index contributed by atoms with van der Waals surface area (Å²) in [5, 5.41) is 0. The molecule has 102 valence electrons. The Kier molecular flexibility index (Phi) is 12.2. The van der Waals surface area contributed by atoms with Gasteiger partial charge in [-0.2, -0.15) is 0 Å². The van der Waals surface area contributed by atoms with Gasteiger partial charge in [0.05, 0.1) is 0 Å². The molecular formula is C14H28O2S. The molecule has 0 aliphatic heterocycles. The highest BCUT2D eigenvalue weighted by Gasteiger charge is 2.06. The van der Waals surface area contributed by atoms with Crippen LogP contribution in [0.25, 0.3) is 0 Å². The lowest BCUT2D eigenvalue weighted by atomic mass is 9.97. The number of carbonyl (C=O) groups excluding carboxylic acids is 1. The molecule has 0 saturated heterocycles. The standard InChI is InChI=1S/C14H28O2S/c1-3-4-5-6-7-8-9-10-13(2)11-12-14(15)16-17/h13,17H,3-12H2,1-2H3. The van der Waals surface area contributed by atoms with Gasteiger partial charge in [-0.05, 0) is 12.3 Å². The molecule has 0 fully saturated rings. The highest BCUT2D eigenvalue weighted by molar-refractivity contribution is 7.75. The van der Waals surface area contributed by atoms with Crippen molar-refractivity contribution in [2.45, 2.75) is 78.1 Å². The summed E-state index contributed by atoms with van der Waals surface area (Å²) in [7, 11) is 0. The maximum absolute atomic E-state index is 10.9. The van der Waals surface area contributed by atoms with Gasteiger partial charge in [-0.15, -0.1) is 0 Å². The van der Waals surface area contributed by atoms with E-state index in [-0.39, 0.29) is 5.97 Å². The van der Waals surface area contributed by atoms with Crippen molar-refractivity contribution >= 4 is 18.9 Å². The van der Waals surface area contributed by atoms with E-state index in [0.717, 1.165) is 6.42 Å². The first-order valence-electron chi connectivity index (χ1n) is 7.05. The van der Waals surface area contributed by atoms with Crippen LogP contribution in [0.15, 0.2) is 0 Å². The van der Waals surface area contributed by atoms with Crippen LogP contribution in [0.1, 0.15) is 78.1 Å². The largest absolute Gasteiger partial charge is 0.395 e. The molecule has 1 atom stereocenters. The molecule has 0 bridgehead atoms. The number of hydrogen-bond acceptors (Lipinski definition) is 3. The highest BCUT2D eigenvalue weighted by atomic mass is 32.1. The molecule has 0 radical (unpaired) electrons. The van der Waals surface area contributed by atoms with Gasteiger partial charge in [0.1, 0.15) is 0 Å². The van der Waals surface area contributed by atoms with Crippen molar-refractivity contribution in [1.29, 1.82) is 0 Å². The Morgan fingerprint density at radius 1 is 1.06 bits per heavy atom. The van der Waals surface area contributed by atoms with Crippen LogP contribution in [0.5, 0.6) is 0 Å². The first-order valence-corrected chi connectivity index (χ1v) is 7.41. The Hall–Kier alpha value is -0.180. The summed E-state index contributed by atoms with van der Waals surface area (Å²) in [6.45, 7) is 4.46. The van der Waals surface area contributed by atoms with Crippen LogP contribution in [-0.4, -0.2) is 5.97 Å². The molecule has 0 amide bonds. The second-order valence-corrected chi connectivity index (χ2v) is 5.20. The van der Waals surface area contributed by atoms with Gasteiger partial charge < -0.3 is 4.18 Å². The number of unbranched alkanes of at least 4 members (excludes halogenated alkanes) is 6. The molecule has 17 heavy (non-hydrogen) atoms. The minimum atomic E-state index is -0.209. The van der Waals surface area contributed by atoms with Gasteiger partial charge in [0.15, 0.2) is 0 Å². The summed E-state index contributed by atoms with van der Waals surface area (Å²) in [5.41, 5.74) is 0. The van der Waals surface area contributed by atoms with E-state index in [4.69, 9.17) is 0 Å². The topological polar surface area (TPSA) is 26.3 Å². The molecule has 0 spiro atoms. The molecular weight excluding hydrogens is 232 g/mol. The van der Waals surface area contributed by atoms with Crippen molar-refractivity contribution in [3.05, 3.63) is 0 Å². The molecule has 0 aromatic rings. The van der Waals surface area contributed by atoms with Crippen LogP contribution in [0.3, 0.4) is 0 Å². The zero-order chi connectivity index (χ0) is 12.9. The summed E-state index contributed by atoms with van der Waals surface area (Å²) in [5.74, 6) is 0.415. The molecule has 0 aliphatic carbocycles. The molecule has 0 N–H and O–H groups in total. The number of rotatable bonds is 11. The van der Waals surface area contributed by atoms with E-state index in [2.05, 4.69) is 30.9 Å². The van der Waals surface area contributed by atoms with Crippen LogP contribution in [0.2, 0.25) is 0 Å². The number of thiol groups is 1. The third kappa shape index (κ3) is 12.1. The smallest absolute Gasteiger partial charge is 0.317 e. The van der Waals surface area contributed by atoms with Crippen molar-refractivity contribution in [3.8, 4) is 0 Å². The summed E-state index contributed by atoms with van der Waals surface area (Å²) in [6, 6.07) is 0. The summed E-state index contributed by atoms with van der Waals surface area (Å²) in [4.78, 5) is 10.9. The summed E-state index contributed by atoms with van der Waals surface area (Å²) < 4.78 is 4.34. The quantitative estimate of drug-likeness (QED) is 0.324. The van der Waals surface area contributed by atoms with E-state index in [1.165, 1.54) is 51.4 Å². The average Bonchev–Trinajstić information content (AvgIpc) is 2.34. The van der Waals surface area contributed by atoms with E-state index >= 15 is 0 Å². The molecule has 0 saturated carbocycles. The SMILES string of the molecule is CCCCCCCCCC(C)CCC(=O)OS. The van der Waals surface area contributed by atoms with Gasteiger partial charge in [0.2, 0.25) is 0 Å². The van der Waals surface area contributed by atoms with E-state index in [0.29, 0.717) is 12.3 Å². The molecule has 3 heteroatoms. The molecule has 0 aromatic heterocycles. The van der Waals surface area contributed by atoms with Crippen LogP contribution in [0, 0.1) is 5.92 Å². The first-order chi connectivity index (χ1) is 8.20. The Bertz CT molecular complexity index is 183. The highest BCUT2D eigenvalue weighted by Crippen LogP contribution is 2.16. The molecule has 2 nitrogen and oxygen atoms in total. The summed E-state index contributed by atoms with van der Waals surface area (Å²) in [6.07, 6.45) is 12.1. The van der Waals surface area contributed by atoms with E-state index in [9.17, 15) is 4.79 Å². The van der Waals surface area contributed by atoms with Crippen molar-refractivity contribution < 1.29 is 8.98 Å². The van der Waals surface area contributed by atoms with Gasteiger partial charge in [-0.3, -0.25) is 4.79 Å². The Balaban J connectivity index is 3.21. The minimum absolute atomic E-state index is 0.209. The van der Waals surface area contributed by atoms with Crippen molar-refractivity contribution in [2.24, 2.45) is 5.92 Å². The van der Waals surface area contributed by atoms with Crippen LogP contribution in [-0.2, 0) is 8.98 Å². The average molecular weight is 260 g/mol. The Morgan fingerprint density at radius 2 is 1.65 bits per heavy atom. The lowest BCUT2D eigenvalue weighted by Crippen LogP contribution is -2.02. The predicted molar refractivity (Wildman–Crippen MR) is 76.1 cm³/mol. The zero-order valence-electron chi connectivity index (χ0n) is 11.4. The fraction of sp³-hybridized carbons (Fsp3) is 0.929. The van der Waals surface area contributed by atoms with Crippen LogP contribution >= 0.6 is 12.9 Å². The molecule has 0 heterocycles. The molecule has 0 rings (SSSR count). The normalized spacial score (nSPS) is 12.4. The zero-order valence-corrected chi connectivity index (χ0v) is 12.3. The first kappa shape index (κ1) is 16.8. The predicted octanol–water partition coefficient (Wildman–Crippen LogP) is 4.93. The fourth-order valence-corrected chi connectivity index (χ4v) is 2.10. The lowest BCUT2D eigenvalue weighted by molar-refractivity contribution is -0.133. The van der Waals surface area contributed by atoms with Gasteiger partial charge in [-0.1, -0.05) is 65.2 Å². The molecule has 0 aromatic carbocycles. The van der Waals surface area contributed by atoms with Crippen molar-refractivity contribution in [1.82, 2.24) is 0 Å².